The number of hydroxylamine groups is 2. The summed E-state index contributed by atoms with van der Waals surface area (Å²) in [5.41, 5.74) is -0.0802. The van der Waals surface area contributed by atoms with Crippen molar-refractivity contribution in [2.75, 3.05) is 19.3 Å². The molecule has 146 valence electrons. The van der Waals surface area contributed by atoms with Crippen LogP contribution in [0.15, 0.2) is 24.3 Å². The molecule has 0 saturated carbocycles. The number of nitrogens with zero attached hydrogens (tertiary/aromatic N) is 1. The minimum Gasteiger partial charge on any atom is -0.811 e. The van der Waals surface area contributed by atoms with Crippen LogP contribution < -0.4 is 19.8 Å². The molecule has 0 aliphatic heterocycles. The van der Waals surface area contributed by atoms with Crippen LogP contribution in [-0.4, -0.2) is 42.5 Å². The molecule has 0 aliphatic rings. The lowest BCUT2D eigenvalue weighted by Gasteiger charge is -2.33. The van der Waals surface area contributed by atoms with Crippen molar-refractivity contribution in [2.24, 2.45) is 0 Å². The fraction of sp³-hybridized carbons (Fsp3) is 0.385. The number of hydrogen-bond donors (Lipinski definition) is 1. The second-order valence-corrected chi connectivity index (χ2v) is 6.61. The van der Waals surface area contributed by atoms with Gasteiger partial charge in [0.05, 0.1) is 6.54 Å². The molecule has 1 aromatic carbocycles. The second kappa shape index (κ2) is 8.99. The molecule has 0 radical (unpaired) electrons. The van der Waals surface area contributed by atoms with Crippen LogP contribution in [0.4, 0.5) is 13.2 Å². The van der Waals surface area contributed by atoms with E-state index in [9.17, 15) is 42.3 Å². The van der Waals surface area contributed by atoms with Gasteiger partial charge in [0.25, 0.3) is 5.91 Å². The molecule has 1 N–H and O–H groups in total. The second-order valence-electron chi connectivity index (χ2n) is 4.94. The van der Waals surface area contributed by atoms with E-state index in [1.165, 1.54) is 0 Å². The molecule has 0 fully saturated rings. The highest BCUT2D eigenvalue weighted by atomic mass is 31.2. The highest BCUT2D eigenvalue weighted by Crippen LogP contribution is 2.24. The SMILES string of the molecule is O=C(NCC(=O)N([O-])CCCP(=O)([O-])[O-])c1ccc(OC(F)(F)F)cc1. The van der Waals surface area contributed by atoms with Gasteiger partial charge in [-0.15, -0.1) is 13.2 Å². The van der Waals surface area contributed by atoms with E-state index in [1.807, 2.05) is 0 Å². The van der Waals surface area contributed by atoms with Crippen LogP contribution in [0.3, 0.4) is 0 Å². The highest BCUT2D eigenvalue weighted by Gasteiger charge is 2.31. The smallest absolute Gasteiger partial charge is 0.573 e. The lowest BCUT2D eigenvalue weighted by Crippen LogP contribution is -2.38. The average molecular weight is 397 g/mol. The Morgan fingerprint density at radius 3 is 2.27 bits per heavy atom. The molecule has 2 amide bonds. The molecule has 1 rings (SSSR count). The summed E-state index contributed by atoms with van der Waals surface area (Å²) in [7, 11) is -4.77. The van der Waals surface area contributed by atoms with Crippen LogP contribution in [0.5, 0.6) is 5.75 Å². The van der Waals surface area contributed by atoms with Crippen molar-refractivity contribution in [3.05, 3.63) is 35.0 Å². The highest BCUT2D eigenvalue weighted by molar-refractivity contribution is 7.48. The van der Waals surface area contributed by atoms with Crippen LogP contribution in [0.1, 0.15) is 16.8 Å². The normalized spacial score (nSPS) is 11.8. The van der Waals surface area contributed by atoms with Gasteiger partial charge < -0.3 is 34.7 Å². The quantitative estimate of drug-likeness (QED) is 0.478. The first-order valence-electron chi connectivity index (χ1n) is 7.00. The maximum absolute atomic E-state index is 12.0. The standard InChI is InChI=1S/C13H15F3N2O7P/c14-13(15,16)25-10-4-2-9(3-5-10)12(20)17-8-11(19)18(21)6-1-7-26(22,23)24/h2-5H,1,6-8H2,(H,17,20)(H2,22,23,24)/q-1/p-2. The van der Waals surface area contributed by atoms with Gasteiger partial charge in [-0.1, -0.05) is 7.60 Å². The third kappa shape index (κ3) is 8.81. The lowest BCUT2D eigenvalue weighted by molar-refractivity contribution is -0.313. The molecular weight excluding hydrogens is 384 g/mol. The summed E-state index contributed by atoms with van der Waals surface area (Å²) in [5, 5.41) is 13.3. The Kier molecular flexibility index (Phi) is 7.57. The van der Waals surface area contributed by atoms with E-state index in [-0.39, 0.29) is 17.0 Å². The van der Waals surface area contributed by atoms with E-state index in [1.54, 1.807) is 0 Å². The maximum Gasteiger partial charge on any atom is 0.573 e. The van der Waals surface area contributed by atoms with Crippen LogP contribution in [0.2, 0.25) is 0 Å². The van der Waals surface area contributed by atoms with Crippen molar-refractivity contribution in [3.8, 4) is 5.75 Å². The van der Waals surface area contributed by atoms with Crippen molar-refractivity contribution in [1.29, 1.82) is 0 Å². The molecule has 0 saturated heterocycles. The number of carbonyl (C=O) groups is 2. The summed E-state index contributed by atoms with van der Waals surface area (Å²) in [6.45, 7) is -1.25. The van der Waals surface area contributed by atoms with E-state index in [2.05, 4.69) is 10.1 Å². The molecule has 0 atom stereocenters. The first-order valence-corrected chi connectivity index (χ1v) is 8.73. The summed E-state index contributed by atoms with van der Waals surface area (Å²) in [4.78, 5) is 44.0. The zero-order valence-electron chi connectivity index (χ0n) is 13.0. The first-order chi connectivity index (χ1) is 11.9. The number of hydrogen-bond acceptors (Lipinski definition) is 7. The Morgan fingerprint density at radius 1 is 1.19 bits per heavy atom. The zero-order chi connectivity index (χ0) is 20.0. The Balaban J connectivity index is 2.45. The number of amides is 2. The predicted octanol–water partition coefficient (Wildman–Crippen LogP) is -0.0548. The summed E-state index contributed by atoms with van der Waals surface area (Å²) in [5.74, 6) is -2.44. The maximum atomic E-state index is 12.0. The molecule has 0 spiro atoms. The summed E-state index contributed by atoms with van der Waals surface area (Å²) in [6, 6.07) is 3.84. The molecule has 26 heavy (non-hydrogen) atoms. The van der Waals surface area contributed by atoms with Crippen molar-refractivity contribution >= 4 is 19.4 Å². The number of halogens is 3. The van der Waals surface area contributed by atoms with Gasteiger partial charge in [-0.05, 0) is 36.8 Å². The summed E-state index contributed by atoms with van der Waals surface area (Å²) >= 11 is 0. The third-order valence-corrected chi connectivity index (χ3v) is 3.69. The van der Waals surface area contributed by atoms with E-state index in [4.69, 9.17) is 0 Å². The molecule has 0 heterocycles. The fourth-order valence-electron chi connectivity index (χ4n) is 1.69. The average Bonchev–Trinajstić information content (AvgIpc) is 2.50. The number of nitrogens with one attached hydrogen (secondary N) is 1. The first kappa shape index (κ1) is 21.9. The minimum atomic E-state index is -4.88. The Bertz CT molecular complexity index is 675. The van der Waals surface area contributed by atoms with Gasteiger partial charge in [0, 0.05) is 12.1 Å². The molecule has 0 bridgehead atoms. The molecule has 1 aromatic rings. The van der Waals surface area contributed by atoms with Crippen LogP contribution in [-0.2, 0) is 9.36 Å². The van der Waals surface area contributed by atoms with Crippen molar-refractivity contribution in [2.45, 2.75) is 12.8 Å². The Hall–Kier alpha value is -2.14. The Labute approximate surface area is 145 Å². The molecule has 0 aromatic heterocycles. The van der Waals surface area contributed by atoms with Gasteiger partial charge in [-0.2, -0.15) is 0 Å². The lowest BCUT2D eigenvalue weighted by atomic mass is 10.2. The number of rotatable bonds is 8. The van der Waals surface area contributed by atoms with Crippen LogP contribution in [0, 0.1) is 5.21 Å². The van der Waals surface area contributed by atoms with E-state index >= 15 is 0 Å². The monoisotopic (exact) mass is 397 g/mol. The van der Waals surface area contributed by atoms with Gasteiger partial charge in [0.1, 0.15) is 5.75 Å². The van der Waals surface area contributed by atoms with E-state index in [0.29, 0.717) is 0 Å². The number of ether oxygens (including phenoxy) is 1. The molecular formula is C13H13F3N2O7P-3. The fourth-order valence-corrected chi connectivity index (χ4v) is 2.22. The number of benzene rings is 1. The van der Waals surface area contributed by atoms with Crippen LogP contribution in [0.25, 0.3) is 0 Å². The van der Waals surface area contributed by atoms with Gasteiger partial charge in [-0.25, -0.2) is 0 Å². The van der Waals surface area contributed by atoms with Crippen molar-refractivity contribution < 1.29 is 41.8 Å². The van der Waals surface area contributed by atoms with Gasteiger partial charge in [0.15, 0.2) is 0 Å². The number of carbonyl (C=O) groups excluding carboxylic acids is 2. The van der Waals surface area contributed by atoms with Crippen molar-refractivity contribution in [1.82, 2.24) is 10.4 Å². The van der Waals surface area contributed by atoms with E-state index < -0.39 is 50.8 Å². The topological polar surface area (TPSA) is 145 Å². The molecule has 13 heteroatoms. The number of alkyl halides is 3. The van der Waals surface area contributed by atoms with Gasteiger partial charge in [-0.3, -0.25) is 9.59 Å². The predicted molar refractivity (Wildman–Crippen MR) is 77.6 cm³/mol. The van der Waals surface area contributed by atoms with E-state index in [0.717, 1.165) is 24.3 Å². The van der Waals surface area contributed by atoms with Gasteiger partial charge in [0.2, 0.25) is 5.91 Å². The third-order valence-electron chi connectivity index (χ3n) is 2.82. The van der Waals surface area contributed by atoms with Gasteiger partial charge >= 0.3 is 6.36 Å². The summed E-state index contributed by atoms with van der Waals surface area (Å²) in [6.07, 6.45) is -5.99. The largest absolute Gasteiger partial charge is 0.811 e. The summed E-state index contributed by atoms with van der Waals surface area (Å²) < 4.78 is 50.1. The minimum absolute atomic E-state index is 0.0802. The molecule has 0 unspecified atom stereocenters. The Morgan fingerprint density at radius 2 is 1.77 bits per heavy atom. The zero-order valence-corrected chi connectivity index (χ0v) is 13.9. The van der Waals surface area contributed by atoms with Crippen LogP contribution >= 0.6 is 7.60 Å². The van der Waals surface area contributed by atoms with Crippen molar-refractivity contribution in [3.63, 3.8) is 0 Å². The molecule has 0 aliphatic carbocycles. The molecule has 9 nitrogen and oxygen atoms in total.